The number of carbonyl (C=O) groups is 1. The molecule has 0 aromatic heterocycles. The van der Waals surface area contributed by atoms with Crippen LogP contribution in [-0.4, -0.2) is 28.0 Å². The van der Waals surface area contributed by atoms with Crippen LogP contribution in [0, 0.1) is 6.92 Å². The number of benzene rings is 2. The van der Waals surface area contributed by atoms with Gasteiger partial charge in [0.25, 0.3) is 5.91 Å². The Morgan fingerprint density at radius 1 is 1.12 bits per heavy atom. The summed E-state index contributed by atoms with van der Waals surface area (Å²) in [6.07, 6.45) is 0. The molecule has 6 nitrogen and oxygen atoms in total. The number of rotatable bonds is 6. The van der Waals surface area contributed by atoms with E-state index >= 15 is 0 Å². The van der Waals surface area contributed by atoms with E-state index in [4.69, 9.17) is 9.88 Å². The van der Waals surface area contributed by atoms with E-state index < -0.39 is 10.0 Å². The molecule has 0 atom stereocenters. The van der Waals surface area contributed by atoms with Gasteiger partial charge >= 0.3 is 0 Å². The number of hydrogen-bond acceptors (Lipinski definition) is 4. The number of amides is 1. The molecule has 0 saturated carbocycles. The van der Waals surface area contributed by atoms with Crippen LogP contribution < -0.4 is 10.0 Å². The van der Waals surface area contributed by atoms with E-state index in [9.17, 15) is 13.2 Å². The van der Waals surface area contributed by atoms with E-state index in [0.717, 1.165) is 11.1 Å². The number of aryl methyl sites for hydroxylation is 1. The number of anilines is 1. The van der Waals surface area contributed by atoms with Gasteiger partial charge in [0.2, 0.25) is 10.0 Å². The first kappa shape index (κ1) is 18.1. The average molecular weight is 348 g/mol. The van der Waals surface area contributed by atoms with Crippen molar-refractivity contribution >= 4 is 21.6 Å². The predicted molar refractivity (Wildman–Crippen MR) is 92.1 cm³/mol. The second-order valence-electron chi connectivity index (χ2n) is 5.41. The molecule has 7 heteroatoms. The molecule has 2 aromatic rings. The molecular weight excluding hydrogens is 328 g/mol. The van der Waals surface area contributed by atoms with Crippen LogP contribution in [0.15, 0.2) is 53.4 Å². The Balaban J connectivity index is 1.93. The van der Waals surface area contributed by atoms with Crippen molar-refractivity contribution in [3.8, 4) is 0 Å². The smallest absolute Gasteiger partial charge is 0.252 e. The summed E-state index contributed by atoms with van der Waals surface area (Å²) in [4.78, 5) is 13.6. The molecule has 0 radical (unpaired) electrons. The molecule has 0 unspecified atom stereocenters. The van der Waals surface area contributed by atoms with Crippen LogP contribution in [-0.2, 0) is 26.2 Å². The number of ether oxygens (including phenoxy) is 1. The van der Waals surface area contributed by atoms with Gasteiger partial charge in [-0.2, -0.15) is 0 Å². The van der Waals surface area contributed by atoms with E-state index in [0.29, 0.717) is 12.3 Å². The van der Waals surface area contributed by atoms with E-state index in [1.54, 1.807) is 7.05 Å². The van der Waals surface area contributed by atoms with Gasteiger partial charge in [-0.1, -0.05) is 24.3 Å². The lowest BCUT2D eigenvalue weighted by Gasteiger charge is -2.18. The summed E-state index contributed by atoms with van der Waals surface area (Å²) >= 11 is 0. The number of nitrogens with zero attached hydrogens (tertiary/aromatic N) is 1. The second-order valence-corrected chi connectivity index (χ2v) is 6.97. The van der Waals surface area contributed by atoms with E-state index in [1.807, 2.05) is 31.2 Å². The van der Waals surface area contributed by atoms with Crippen molar-refractivity contribution < 1.29 is 17.9 Å². The van der Waals surface area contributed by atoms with Crippen molar-refractivity contribution in [3.05, 3.63) is 59.7 Å². The molecule has 2 aromatic carbocycles. The highest BCUT2D eigenvalue weighted by Crippen LogP contribution is 2.16. The van der Waals surface area contributed by atoms with Gasteiger partial charge in [0.1, 0.15) is 6.61 Å². The zero-order chi connectivity index (χ0) is 17.7. The van der Waals surface area contributed by atoms with E-state index in [1.165, 1.54) is 29.2 Å². The summed E-state index contributed by atoms with van der Waals surface area (Å²) in [7, 11) is -2.14. The summed E-state index contributed by atoms with van der Waals surface area (Å²) in [5.41, 5.74) is 2.70. The highest BCUT2D eigenvalue weighted by molar-refractivity contribution is 7.89. The van der Waals surface area contributed by atoms with Crippen LogP contribution in [0.1, 0.15) is 11.1 Å². The number of hydrogen-bond donors (Lipinski definition) is 1. The van der Waals surface area contributed by atoms with Crippen LogP contribution in [0.4, 0.5) is 5.69 Å². The molecule has 128 valence electrons. The third kappa shape index (κ3) is 4.64. The maximum Gasteiger partial charge on any atom is 0.252 e. The lowest BCUT2D eigenvalue weighted by atomic mass is 10.1. The van der Waals surface area contributed by atoms with Crippen LogP contribution in [0.5, 0.6) is 0 Å². The highest BCUT2D eigenvalue weighted by atomic mass is 32.2. The highest BCUT2D eigenvalue weighted by Gasteiger charge is 2.13. The topological polar surface area (TPSA) is 89.7 Å². The van der Waals surface area contributed by atoms with Crippen LogP contribution in [0.2, 0.25) is 0 Å². The van der Waals surface area contributed by atoms with Crippen molar-refractivity contribution in [2.45, 2.75) is 18.4 Å². The van der Waals surface area contributed by atoms with Gasteiger partial charge in [0.05, 0.1) is 11.5 Å². The Labute approximate surface area is 141 Å². The third-order valence-corrected chi connectivity index (χ3v) is 4.60. The Morgan fingerprint density at radius 2 is 1.75 bits per heavy atom. The molecule has 0 aliphatic heterocycles. The number of nitrogens with two attached hydrogens (primary N) is 1. The Hall–Kier alpha value is -2.22. The summed E-state index contributed by atoms with van der Waals surface area (Å²) in [6, 6.07) is 13.6. The molecule has 0 bridgehead atoms. The molecular formula is C17H20N2O4S. The lowest BCUT2D eigenvalue weighted by Crippen LogP contribution is -2.30. The van der Waals surface area contributed by atoms with Crippen LogP contribution >= 0.6 is 0 Å². The molecule has 0 aliphatic rings. The SMILES string of the molecule is Cc1ccccc1COCC(=O)N(C)c1ccc(S(N)(=O)=O)cc1. The molecule has 2 N–H and O–H groups in total. The van der Waals surface area contributed by atoms with E-state index in [-0.39, 0.29) is 17.4 Å². The molecule has 1 amide bonds. The maximum atomic E-state index is 12.2. The predicted octanol–water partition coefficient (Wildman–Crippen LogP) is 1.82. The minimum Gasteiger partial charge on any atom is -0.367 e. The molecule has 0 spiro atoms. The van der Waals surface area contributed by atoms with Crippen molar-refractivity contribution in [2.75, 3.05) is 18.6 Å². The fourth-order valence-electron chi connectivity index (χ4n) is 2.12. The van der Waals surface area contributed by atoms with Crippen LogP contribution in [0.25, 0.3) is 0 Å². The first-order valence-corrected chi connectivity index (χ1v) is 8.85. The van der Waals surface area contributed by atoms with Gasteiger partial charge in [-0.3, -0.25) is 4.79 Å². The zero-order valence-electron chi connectivity index (χ0n) is 13.6. The number of sulfonamides is 1. The van der Waals surface area contributed by atoms with Gasteiger partial charge in [-0.15, -0.1) is 0 Å². The fourth-order valence-corrected chi connectivity index (χ4v) is 2.64. The first-order valence-electron chi connectivity index (χ1n) is 7.30. The molecule has 0 aliphatic carbocycles. The summed E-state index contributed by atoms with van der Waals surface area (Å²) in [5.74, 6) is -0.230. The Bertz CT molecular complexity index is 817. The third-order valence-electron chi connectivity index (χ3n) is 3.67. The van der Waals surface area contributed by atoms with Crippen molar-refractivity contribution in [3.63, 3.8) is 0 Å². The first-order chi connectivity index (χ1) is 11.3. The number of carbonyl (C=O) groups excluding carboxylic acids is 1. The van der Waals surface area contributed by atoms with Crippen LogP contribution in [0.3, 0.4) is 0 Å². The number of likely N-dealkylation sites (N-methyl/N-ethyl adjacent to an activating group) is 1. The molecule has 0 heterocycles. The van der Waals surface area contributed by atoms with Gasteiger partial charge in [0, 0.05) is 12.7 Å². The molecule has 24 heavy (non-hydrogen) atoms. The van der Waals surface area contributed by atoms with E-state index in [2.05, 4.69) is 0 Å². The normalized spacial score (nSPS) is 11.3. The largest absolute Gasteiger partial charge is 0.367 e. The van der Waals surface area contributed by atoms with Crippen molar-refractivity contribution in [1.29, 1.82) is 0 Å². The second kappa shape index (κ2) is 7.57. The standard InChI is InChI=1S/C17H20N2O4S/c1-13-5-3-4-6-14(13)11-23-12-17(20)19(2)15-7-9-16(10-8-15)24(18,21)22/h3-10H,11-12H2,1-2H3,(H2,18,21,22). The van der Waals surface area contributed by atoms with Gasteiger partial charge in [0.15, 0.2) is 0 Å². The number of primary sulfonamides is 1. The maximum absolute atomic E-state index is 12.2. The molecule has 0 fully saturated rings. The monoisotopic (exact) mass is 348 g/mol. The molecule has 2 rings (SSSR count). The fraction of sp³-hybridized carbons (Fsp3) is 0.235. The zero-order valence-corrected chi connectivity index (χ0v) is 14.4. The summed E-state index contributed by atoms with van der Waals surface area (Å²) in [6.45, 7) is 2.28. The van der Waals surface area contributed by atoms with Crippen molar-refractivity contribution in [1.82, 2.24) is 0 Å². The Kier molecular flexibility index (Phi) is 5.71. The summed E-state index contributed by atoms with van der Waals surface area (Å²) in [5, 5.41) is 5.05. The minimum atomic E-state index is -3.74. The minimum absolute atomic E-state index is 0.00269. The van der Waals surface area contributed by atoms with Gasteiger partial charge in [-0.25, -0.2) is 13.6 Å². The average Bonchev–Trinajstić information content (AvgIpc) is 2.55. The molecule has 0 saturated heterocycles. The quantitative estimate of drug-likeness (QED) is 0.862. The lowest BCUT2D eigenvalue weighted by molar-refractivity contribution is -0.123. The Morgan fingerprint density at radius 3 is 2.33 bits per heavy atom. The van der Waals surface area contributed by atoms with Gasteiger partial charge in [-0.05, 0) is 42.3 Å². The van der Waals surface area contributed by atoms with Gasteiger partial charge < -0.3 is 9.64 Å². The van der Waals surface area contributed by atoms with Crippen molar-refractivity contribution in [2.24, 2.45) is 5.14 Å². The summed E-state index contributed by atoms with van der Waals surface area (Å²) < 4.78 is 27.9.